The Morgan fingerprint density at radius 3 is 2.90 bits per heavy atom. The fraction of sp³-hybridized carbons (Fsp3) is 0.625. The molecule has 1 saturated carbocycles. The molecule has 1 fully saturated rings. The van der Waals surface area contributed by atoms with Crippen LogP contribution >= 0.6 is 11.8 Å². The van der Waals surface area contributed by atoms with Crippen molar-refractivity contribution in [2.75, 3.05) is 12.8 Å². The van der Waals surface area contributed by atoms with Gasteiger partial charge in [-0.3, -0.25) is 0 Å². The minimum Gasteiger partial charge on any atom is -0.393 e. The van der Waals surface area contributed by atoms with Crippen LogP contribution in [0.3, 0.4) is 0 Å². The molecule has 2 nitrogen and oxygen atoms in total. The van der Waals surface area contributed by atoms with Crippen molar-refractivity contribution in [3.63, 3.8) is 0 Å². The summed E-state index contributed by atoms with van der Waals surface area (Å²) in [5.41, 5.74) is 0.983. The molecule has 0 amide bonds. The van der Waals surface area contributed by atoms with Crippen molar-refractivity contribution >= 4 is 11.8 Å². The zero-order chi connectivity index (χ0) is 14.5. The quantitative estimate of drug-likeness (QED) is 0.812. The van der Waals surface area contributed by atoms with Crippen molar-refractivity contribution in [3.05, 3.63) is 29.6 Å². The lowest BCUT2D eigenvalue weighted by molar-refractivity contribution is 0.0998. The Bertz CT molecular complexity index is 440. The van der Waals surface area contributed by atoms with Crippen molar-refractivity contribution in [1.82, 2.24) is 5.32 Å². The first-order valence-electron chi connectivity index (χ1n) is 7.35. The minimum absolute atomic E-state index is 0.135. The highest BCUT2D eigenvalue weighted by Gasteiger charge is 2.20. The van der Waals surface area contributed by atoms with Crippen LogP contribution in [0.2, 0.25) is 0 Å². The normalized spacial score (nSPS) is 24.6. The van der Waals surface area contributed by atoms with E-state index in [1.807, 2.05) is 18.4 Å². The van der Waals surface area contributed by atoms with E-state index < -0.39 is 0 Å². The van der Waals surface area contributed by atoms with E-state index >= 15 is 0 Å². The topological polar surface area (TPSA) is 32.3 Å². The van der Waals surface area contributed by atoms with Gasteiger partial charge in [-0.25, -0.2) is 4.39 Å². The third-order valence-corrected chi connectivity index (χ3v) is 4.91. The molecule has 3 unspecified atom stereocenters. The summed E-state index contributed by atoms with van der Waals surface area (Å²) in [6.45, 7) is 2.96. The highest BCUT2D eigenvalue weighted by Crippen LogP contribution is 2.26. The smallest absolute Gasteiger partial charge is 0.137 e. The summed E-state index contributed by atoms with van der Waals surface area (Å²) in [7, 11) is 0. The Labute approximate surface area is 125 Å². The second-order valence-electron chi connectivity index (χ2n) is 5.71. The van der Waals surface area contributed by atoms with E-state index in [0.29, 0.717) is 10.8 Å². The first-order valence-corrected chi connectivity index (χ1v) is 8.57. The van der Waals surface area contributed by atoms with Crippen LogP contribution in [-0.4, -0.2) is 24.0 Å². The lowest BCUT2D eigenvalue weighted by atomic mass is 9.87. The van der Waals surface area contributed by atoms with Gasteiger partial charge in [0.25, 0.3) is 0 Å². The van der Waals surface area contributed by atoms with Gasteiger partial charge in [-0.1, -0.05) is 12.5 Å². The summed E-state index contributed by atoms with van der Waals surface area (Å²) in [5, 5.41) is 13.1. The molecule has 0 spiro atoms. The Morgan fingerprint density at radius 1 is 1.45 bits per heavy atom. The minimum atomic E-state index is -0.142. The predicted molar refractivity (Wildman–Crippen MR) is 82.6 cm³/mol. The molecule has 0 radical (unpaired) electrons. The molecular formula is C16H24FNOS. The number of aliphatic hydroxyl groups excluding tert-OH is 1. The highest BCUT2D eigenvalue weighted by atomic mass is 32.2. The molecule has 0 saturated heterocycles. The van der Waals surface area contributed by atoms with Gasteiger partial charge in [0, 0.05) is 10.9 Å². The van der Waals surface area contributed by atoms with Gasteiger partial charge in [0.15, 0.2) is 0 Å². The molecule has 0 aliphatic heterocycles. The summed E-state index contributed by atoms with van der Waals surface area (Å²) < 4.78 is 13.8. The second-order valence-corrected chi connectivity index (χ2v) is 6.56. The number of rotatable bonds is 5. The van der Waals surface area contributed by atoms with E-state index in [2.05, 4.69) is 12.2 Å². The summed E-state index contributed by atoms with van der Waals surface area (Å²) in [5.74, 6) is 0.397. The molecule has 3 atom stereocenters. The Morgan fingerprint density at radius 2 is 2.25 bits per heavy atom. The summed E-state index contributed by atoms with van der Waals surface area (Å²) in [6.07, 6.45) is 5.86. The monoisotopic (exact) mass is 297 g/mol. The number of hydrogen-bond acceptors (Lipinski definition) is 3. The molecule has 0 aromatic heterocycles. The van der Waals surface area contributed by atoms with Gasteiger partial charge in [0.05, 0.1) is 6.10 Å². The SMILES string of the molecule is CSc1ccc(C(C)NCC2CCCC(O)C2)cc1F. The largest absolute Gasteiger partial charge is 0.393 e. The van der Waals surface area contributed by atoms with Crippen LogP contribution in [0.1, 0.15) is 44.2 Å². The summed E-state index contributed by atoms with van der Waals surface area (Å²) >= 11 is 1.43. The molecule has 0 heterocycles. The third-order valence-electron chi connectivity index (χ3n) is 4.14. The van der Waals surface area contributed by atoms with Crippen molar-refractivity contribution < 1.29 is 9.50 Å². The van der Waals surface area contributed by atoms with Crippen molar-refractivity contribution in [2.24, 2.45) is 5.92 Å². The first-order chi connectivity index (χ1) is 9.60. The van der Waals surface area contributed by atoms with Crippen molar-refractivity contribution in [3.8, 4) is 0 Å². The van der Waals surface area contributed by atoms with Crippen LogP contribution in [0.5, 0.6) is 0 Å². The van der Waals surface area contributed by atoms with Gasteiger partial charge in [0.2, 0.25) is 0 Å². The first kappa shape index (κ1) is 15.8. The Balaban J connectivity index is 1.88. The molecule has 1 aromatic carbocycles. The Kier molecular flexibility index (Phi) is 5.87. The van der Waals surface area contributed by atoms with Crippen LogP contribution < -0.4 is 5.32 Å². The van der Waals surface area contributed by atoms with Crippen LogP contribution in [0.4, 0.5) is 4.39 Å². The zero-order valence-corrected chi connectivity index (χ0v) is 13.0. The average Bonchev–Trinajstić information content (AvgIpc) is 2.44. The summed E-state index contributed by atoms with van der Waals surface area (Å²) in [4.78, 5) is 0.691. The molecule has 112 valence electrons. The molecule has 2 rings (SSSR count). The molecule has 1 aliphatic rings. The fourth-order valence-electron chi connectivity index (χ4n) is 2.86. The number of benzene rings is 1. The lowest BCUT2D eigenvalue weighted by Gasteiger charge is -2.27. The second kappa shape index (κ2) is 7.43. The van der Waals surface area contributed by atoms with E-state index in [1.54, 1.807) is 6.07 Å². The number of nitrogens with one attached hydrogen (secondary N) is 1. The number of thioether (sulfide) groups is 1. The van der Waals surface area contributed by atoms with Gasteiger partial charge in [-0.15, -0.1) is 11.8 Å². The molecule has 1 aromatic rings. The van der Waals surface area contributed by atoms with Crippen LogP contribution in [0.25, 0.3) is 0 Å². The maximum absolute atomic E-state index is 13.8. The van der Waals surface area contributed by atoms with E-state index in [4.69, 9.17) is 0 Å². The zero-order valence-electron chi connectivity index (χ0n) is 12.2. The molecule has 0 bridgehead atoms. The lowest BCUT2D eigenvalue weighted by Crippen LogP contribution is -2.30. The van der Waals surface area contributed by atoms with Crippen LogP contribution in [0.15, 0.2) is 23.1 Å². The highest BCUT2D eigenvalue weighted by molar-refractivity contribution is 7.98. The number of hydrogen-bond donors (Lipinski definition) is 2. The van der Waals surface area contributed by atoms with Gasteiger partial charge in [0.1, 0.15) is 5.82 Å². The van der Waals surface area contributed by atoms with E-state index in [-0.39, 0.29) is 18.0 Å². The maximum atomic E-state index is 13.8. The Hall–Kier alpha value is -0.580. The van der Waals surface area contributed by atoms with E-state index in [9.17, 15) is 9.50 Å². The standard InChI is InChI=1S/C16H24FNOS/c1-11(13-6-7-16(20-2)15(17)9-13)18-10-12-4-3-5-14(19)8-12/h6-7,9,11-12,14,18-19H,3-5,8,10H2,1-2H3. The third kappa shape index (κ3) is 4.21. The van der Waals surface area contributed by atoms with E-state index in [0.717, 1.165) is 31.4 Å². The average molecular weight is 297 g/mol. The molecular weight excluding hydrogens is 273 g/mol. The van der Waals surface area contributed by atoms with Crippen molar-refractivity contribution in [1.29, 1.82) is 0 Å². The molecule has 20 heavy (non-hydrogen) atoms. The van der Waals surface area contributed by atoms with Gasteiger partial charge < -0.3 is 10.4 Å². The van der Waals surface area contributed by atoms with Gasteiger partial charge in [-0.05, 0) is 62.6 Å². The predicted octanol–water partition coefficient (Wildman–Crippen LogP) is 3.75. The van der Waals surface area contributed by atoms with Crippen LogP contribution in [-0.2, 0) is 0 Å². The maximum Gasteiger partial charge on any atom is 0.137 e. The molecule has 4 heteroatoms. The van der Waals surface area contributed by atoms with Gasteiger partial charge in [-0.2, -0.15) is 0 Å². The fourth-order valence-corrected chi connectivity index (χ4v) is 3.32. The van der Waals surface area contributed by atoms with Gasteiger partial charge >= 0.3 is 0 Å². The summed E-state index contributed by atoms with van der Waals surface area (Å²) in [6, 6.07) is 5.60. The van der Waals surface area contributed by atoms with E-state index in [1.165, 1.54) is 18.2 Å². The number of aliphatic hydroxyl groups is 1. The van der Waals surface area contributed by atoms with Crippen LogP contribution in [0, 0.1) is 11.7 Å². The van der Waals surface area contributed by atoms with Crippen molar-refractivity contribution in [2.45, 2.75) is 49.6 Å². The molecule has 2 N–H and O–H groups in total. The number of halogens is 1. The molecule has 1 aliphatic carbocycles.